The maximum atomic E-state index is 12.9. The molecule has 0 atom stereocenters. The lowest BCUT2D eigenvalue weighted by Crippen LogP contribution is -2.12. The van der Waals surface area contributed by atoms with E-state index in [4.69, 9.17) is 4.74 Å². The molecule has 32 heavy (non-hydrogen) atoms. The number of Topliss-reactive ketones (excluding diaryl/α,β-unsaturated/α-hetero) is 2. The third-order valence-electron chi connectivity index (χ3n) is 5.91. The fraction of sp³-hybridized carbons (Fsp3) is 0.320. The number of ketones is 2. The van der Waals surface area contributed by atoms with Crippen LogP contribution in [0.15, 0.2) is 53.9 Å². The number of H-pyrrole nitrogens is 1. The highest BCUT2D eigenvalue weighted by Gasteiger charge is 2.19. The molecule has 162 valence electrons. The van der Waals surface area contributed by atoms with Crippen LogP contribution in [0, 0.1) is 0 Å². The molecule has 1 aliphatic heterocycles. The number of nitrogens with zero attached hydrogens (tertiary/aromatic N) is 3. The van der Waals surface area contributed by atoms with E-state index in [1.54, 1.807) is 30.7 Å². The fourth-order valence-corrected chi connectivity index (χ4v) is 4.28. The summed E-state index contributed by atoms with van der Waals surface area (Å²) in [5.41, 5.74) is 3.21. The Morgan fingerprint density at radius 1 is 1.09 bits per heavy atom. The second kappa shape index (κ2) is 8.86. The van der Waals surface area contributed by atoms with E-state index < -0.39 is 0 Å². The van der Waals surface area contributed by atoms with Gasteiger partial charge >= 0.3 is 0 Å². The first kappa shape index (κ1) is 20.3. The van der Waals surface area contributed by atoms with E-state index in [9.17, 15) is 9.59 Å². The molecule has 2 aliphatic rings. The normalized spacial score (nSPS) is 15.9. The minimum atomic E-state index is -0.104. The van der Waals surface area contributed by atoms with Gasteiger partial charge in [-0.25, -0.2) is 4.98 Å². The van der Waals surface area contributed by atoms with Crippen LogP contribution in [-0.4, -0.2) is 38.3 Å². The number of hydrogen-bond donors (Lipinski definition) is 1. The number of allylic oxidation sites excluding steroid dienone is 1. The number of fused-ring (bicyclic) bond motifs is 1. The molecule has 1 aromatic carbocycles. The molecule has 7 heteroatoms. The molecule has 0 spiro atoms. The fourth-order valence-electron chi connectivity index (χ4n) is 4.28. The molecule has 3 heterocycles. The smallest absolute Gasteiger partial charge is 0.172 e. The summed E-state index contributed by atoms with van der Waals surface area (Å²) < 4.78 is 5.97. The number of carbonyl (C=O) groups is 2. The molecule has 1 fully saturated rings. The Hall–Kier alpha value is -3.61. The number of carbonyl (C=O) groups excluding carboxylic acids is 2. The highest BCUT2D eigenvalue weighted by Crippen LogP contribution is 2.25. The number of ether oxygens (including phenoxy) is 1. The number of rotatable bonds is 8. The first-order chi connectivity index (χ1) is 15.7. The summed E-state index contributed by atoms with van der Waals surface area (Å²) in [6, 6.07) is 7.20. The molecule has 0 unspecified atom stereocenters. The molecule has 0 saturated heterocycles. The van der Waals surface area contributed by atoms with E-state index in [-0.39, 0.29) is 30.5 Å². The number of benzene rings is 1. The van der Waals surface area contributed by atoms with Gasteiger partial charge in [-0.2, -0.15) is 0 Å². The first-order valence-corrected chi connectivity index (χ1v) is 11.0. The van der Waals surface area contributed by atoms with E-state index in [1.807, 2.05) is 18.2 Å². The standard InChI is InChI=1S/C25H24N4O3/c30-22(16-11-19(15-26-14-16)32-18-6-1-2-7-18)13-24-28-21-9-3-8-20(25(21)29-24)23(31)12-17-5-4-10-27-17/h3-4,8-11,14-15,18H,1-2,5-7,12-13H2,(H,28,29). The van der Waals surface area contributed by atoms with Crippen molar-refractivity contribution in [3.63, 3.8) is 0 Å². The average Bonchev–Trinajstić information content (AvgIpc) is 3.55. The highest BCUT2D eigenvalue weighted by atomic mass is 16.5. The number of nitrogens with one attached hydrogen (secondary N) is 1. The van der Waals surface area contributed by atoms with Crippen molar-refractivity contribution >= 4 is 28.3 Å². The maximum Gasteiger partial charge on any atom is 0.172 e. The highest BCUT2D eigenvalue weighted by molar-refractivity contribution is 6.15. The summed E-state index contributed by atoms with van der Waals surface area (Å²) >= 11 is 0. The second-order valence-corrected chi connectivity index (χ2v) is 8.30. The Kier molecular flexibility index (Phi) is 5.62. The molecule has 0 amide bonds. The summed E-state index contributed by atoms with van der Waals surface area (Å²) in [6.07, 6.45) is 12.6. The quantitative estimate of drug-likeness (QED) is 0.527. The third kappa shape index (κ3) is 4.37. The second-order valence-electron chi connectivity index (χ2n) is 8.30. The van der Waals surface area contributed by atoms with Crippen molar-refractivity contribution in [3.8, 4) is 5.75 Å². The number of aromatic amines is 1. The minimum Gasteiger partial charge on any atom is -0.489 e. The lowest BCUT2D eigenvalue weighted by molar-refractivity contribution is 0.0986. The zero-order valence-corrected chi connectivity index (χ0v) is 17.7. The molecule has 1 N–H and O–H groups in total. The van der Waals surface area contributed by atoms with E-state index >= 15 is 0 Å². The summed E-state index contributed by atoms with van der Waals surface area (Å²) in [4.78, 5) is 41.8. The van der Waals surface area contributed by atoms with Crippen LogP contribution < -0.4 is 4.74 Å². The largest absolute Gasteiger partial charge is 0.489 e. The van der Waals surface area contributed by atoms with Gasteiger partial charge in [0.1, 0.15) is 11.6 Å². The SMILES string of the molecule is O=C(Cc1nc2c(C(=O)CC3=NC=CC3)cccc2[nH]1)c1cncc(OC2CCCC2)c1. The van der Waals surface area contributed by atoms with E-state index in [0.29, 0.717) is 34.6 Å². The van der Waals surface area contributed by atoms with Crippen LogP contribution in [0.3, 0.4) is 0 Å². The van der Waals surface area contributed by atoms with Crippen LogP contribution in [-0.2, 0) is 6.42 Å². The Balaban J connectivity index is 1.32. The van der Waals surface area contributed by atoms with Gasteiger partial charge in [0, 0.05) is 42.1 Å². The molecule has 0 bridgehead atoms. The van der Waals surface area contributed by atoms with Gasteiger partial charge in [0.2, 0.25) is 0 Å². The molecular formula is C25H24N4O3. The summed E-state index contributed by atoms with van der Waals surface area (Å²) in [6.45, 7) is 0. The number of pyridine rings is 1. The Labute approximate surface area is 185 Å². The first-order valence-electron chi connectivity index (χ1n) is 11.0. The van der Waals surface area contributed by atoms with Crippen molar-refractivity contribution in [2.45, 2.75) is 51.0 Å². The van der Waals surface area contributed by atoms with Crippen molar-refractivity contribution < 1.29 is 14.3 Å². The lowest BCUT2D eigenvalue weighted by Gasteiger charge is -2.13. The van der Waals surface area contributed by atoms with Crippen molar-refractivity contribution in [1.29, 1.82) is 0 Å². The van der Waals surface area contributed by atoms with Gasteiger partial charge in [-0.05, 0) is 43.9 Å². The molecular weight excluding hydrogens is 404 g/mol. The van der Waals surface area contributed by atoms with Crippen molar-refractivity contribution in [2.24, 2.45) is 4.99 Å². The molecule has 3 aromatic rings. The number of aliphatic imine (C=N–C) groups is 1. The van der Waals surface area contributed by atoms with Gasteiger partial charge in [0.25, 0.3) is 0 Å². The van der Waals surface area contributed by atoms with Gasteiger partial charge < -0.3 is 9.72 Å². The van der Waals surface area contributed by atoms with Gasteiger partial charge in [-0.3, -0.25) is 19.6 Å². The molecule has 2 aromatic heterocycles. The summed E-state index contributed by atoms with van der Waals surface area (Å²) in [5, 5.41) is 0. The van der Waals surface area contributed by atoms with Gasteiger partial charge in [0.15, 0.2) is 11.6 Å². The van der Waals surface area contributed by atoms with Crippen LogP contribution in [0.1, 0.15) is 65.1 Å². The molecule has 5 rings (SSSR count). The van der Waals surface area contributed by atoms with Crippen LogP contribution in [0.25, 0.3) is 11.0 Å². The van der Waals surface area contributed by atoms with Crippen LogP contribution in [0.2, 0.25) is 0 Å². The van der Waals surface area contributed by atoms with Crippen molar-refractivity contribution in [1.82, 2.24) is 15.0 Å². The van der Waals surface area contributed by atoms with Gasteiger partial charge in [0.05, 0.1) is 29.8 Å². The topological polar surface area (TPSA) is 97.3 Å². The van der Waals surface area contributed by atoms with Gasteiger partial charge in [-0.1, -0.05) is 12.1 Å². The zero-order chi connectivity index (χ0) is 21.9. The zero-order valence-electron chi connectivity index (χ0n) is 17.7. The monoisotopic (exact) mass is 428 g/mol. The predicted molar refractivity (Wildman–Crippen MR) is 121 cm³/mol. The van der Waals surface area contributed by atoms with Gasteiger partial charge in [-0.15, -0.1) is 0 Å². The maximum absolute atomic E-state index is 12.9. The van der Waals surface area contributed by atoms with Crippen LogP contribution >= 0.6 is 0 Å². The summed E-state index contributed by atoms with van der Waals surface area (Å²) in [5.74, 6) is 1.02. The molecule has 0 radical (unpaired) electrons. The number of aromatic nitrogens is 3. The molecule has 1 saturated carbocycles. The number of hydrogen-bond acceptors (Lipinski definition) is 6. The minimum absolute atomic E-state index is 0.0246. The van der Waals surface area contributed by atoms with Crippen molar-refractivity contribution in [3.05, 3.63) is 65.9 Å². The average molecular weight is 428 g/mol. The van der Waals surface area contributed by atoms with Crippen molar-refractivity contribution in [2.75, 3.05) is 0 Å². The number of para-hydroxylation sites is 1. The summed E-state index contributed by atoms with van der Waals surface area (Å²) in [7, 11) is 0. The third-order valence-corrected chi connectivity index (χ3v) is 5.91. The Bertz CT molecular complexity index is 1230. The van der Waals surface area contributed by atoms with Crippen LogP contribution in [0.4, 0.5) is 0 Å². The van der Waals surface area contributed by atoms with E-state index in [2.05, 4.69) is 19.9 Å². The lowest BCUT2D eigenvalue weighted by atomic mass is 10.0. The predicted octanol–water partition coefficient (Wildman–Crippen LogP) is 4.64. The van der Waals surface area contributed by atoms with Crippen LogP contribution in [0.5, 0.6) is 5.75 Å². The Morgan fingerprint density at radius 2 is 1.97 bits per heavy atom. The number of imidazole rings is 1. The van der Waals surface area contributed by atoms with E-state index in [0.717, 1.165) is 24.1 Å². The molecule has 1 aliphatic carbocycles. The molecule has 7 nitrogen and oxygen atoms in total. The van der Waals surface area contributed by atoms with E-state index in [1.165, 1.54) is 12.8 Å². The Morgan fingerprint density at radius 3 is 2.78 bits per heavy atom.